The van der Waals surface area contributed by atoms with Crippen molar-refractivity contribution in [1.82, 2.24) is 0 Å². The highest BCUT2D eigenvalue weighted by atomic mass is 35.5. The molecule has 1 aromatic rings. The number of hydrogen-bond donors (Lipinski definition) is 1. The fraction of sp³-hybridized carbons (Fsp3) is 0.308. The maximum absolute atomic E-state index is 12.6. The third-order valence-corrected chi connectivity index (χ3v) is 3.78. The summed E-state index contributed by atoms with van der Waals surface area (Å²) in [6, 6.07) is 2.85. The minimum Gasteiger partial charge on any atom is -0.318 e. The Morgan fingerprint density at radius 3 is 2.33 bits per heavy atom. The van der Waals surface area contributed by atoms with Crippen molar-refractivity contribution in [3.05, 3.63) is 28.2 Å². The molecule has 0 aliphatic carbocycles. The second kappa shape index (κ2) is 5.63. The molecule has 0 aromatic heterocycles. The number of hydrogen-bond acceptors (Lipinski definition) is 3. The van der Waals surface area contributed by atoms with Crippen LogP contribution in [0.25, 0.3) is 0 Å². The van der Waals surface area contributed by atoms with Crippen LogP contribution in [0.1, 0.15) is 13.3 Å². The van der Waals surface area contributed by atoms with Crippen molar-refractivity contribution in [2.45, 2.75) is 13.3 Å². The van der Waals surface area contributed by atoms with Gasteiger partial charge < -0.3 is 5.73 Å². The number of carbonyl (C=O) groups is 3. The maximum Gasteiger partial charge on any atom is 0.440 e. The van der Waals surface area contributed by atoms with E-state index in [1.807, 2.05) is 0 Å². The molecule has 1 fully saturated rings. The van der Waals surface area contributed by atoms with Crippen LogP contribution < -0.4 is 10.6 Å². The third-order valence-electron chi connectivity index (χ3n) is 3.34. The van der Waals surface area contributed by atoms with Gasteiger partial charge in [0, 0.05) is 10.0 Å². The summed E-state index contributed by atoms with van der Waals surface area (Å²) >= 11 is 11.8. The molecular weight excluding hydrogens is 317 g/mol. The van der Waals surface area contributed by atoms with E-state index in [1.54, 1.807) is 6.92 Å². The highest BCUT2D eigenvalue weighted by Gasteiger charge is 2.56. The number of imide groups is 2. The molecular formula is C13H14Cl2N3O3+. The molecule has 2 rings (SSSR count). The summed E-state index contributed by atoms with van der Waals surface area (Å²) in [4.78, 5) is 37.4. The minimum atomic E-state index is -0.842. The van der Waals surface area contributed by atoms with E-state index >= 15 is 0 Å². The van der Waals surface area contributed by atoms with E-state index in [-0.39, 0.29) is 28.8 Å². The average molecular weight is 331 g/mol. The van der Waals surface area contributed by atoms with E-state index in [0.717, 1.165) is 4.90 Å². The molecule has 1 atom stereocenters. The highest BCUT2D eigenvalue weighted by molar-refractivity contribution is 6.35. The zero-order valence-electron chi connectivity index (χ0n) is 11.3. The predicted molar refractivity (Wildman–Crippen MR) is 79.2 cm³/mol. The van der Waals surface area contributed by atoms with Crippen molar-refractivity contribution in [3.63, 3.8) is 0 Å². The molecule has 0 spiro atoms. The number of quaternary nitrogens is 1. The van der Waals surface area contributed by atoms with Crippen LogP contribution in [0.4, 0.5) is 15.3 Å². The molecule has 1 aliphatic rings. The maximum atomic E-state index is 12.6. The molecule has 21 heavy (non-hydrogen) atoms. The number of nitrogens with zero attached hydrogens (tertiary/aromatic N) is 2. The molecule has 1 unspecified atom stereocenters. The van der Waals surface area contributed by atoms with Gasteiger partial charge in [0.05, 0.1) is 12.2 Å². The Kier molecular flexibility index (Phi) is 4.22. The summed E-state index contributed by atoms with van der Waals surface area (Å²) in [6.07, 6.45) is 0.534. The molecule has 8 heteroatoms. The van der Waals surface area contributed by atoms with Crippen LogP contribution in [0.2, 0.25) is 10.0 Å². The molecule has 2 N–H and O–H groups in total. The van der Waals surface area contributed by atoms with Crippen molar-refractivity contribution in [1.29, 1.82) is 0 Å². The van der Waals surface area contributed by atoms with E-state index in [9.17, 15) is 14.4 Å². The zero-order chi connectivity index (χ0) is 15.8. The Morgan fingerprint density at radius 2 is 1.86 bits per heavy atom. The Bertz CT molecular complexity index is 615. The minimum absolute atomic E-state index is 0.171. The van der Waals surface area contributed by atoms with Gasteiger partial charge in [0.25, 0.3) is 5.91 Å². The largest absolute Gasteiger partial charge is 0.440 e. The number of rotatable bonds is 3. The number of primary amides is 1. The van der Waals surface area contributed by atoms with Gasteiger partial charge in [0.2, 0.25) is 0 Å². The molecule has 1 aromatic carbocycles. The van der Waals surface area contributed by atoms with Crippen LogP contribution in [0.5, 0.6) is 0 Å². The molecule has 5 amide bonds. The number of nitrogens with two attached hydrogens (primary N) is 1. The van der Waals surface area contributed by atoms with Crippen LogP contribution in [-0.4, -0.2) is 35.5 Å². The summed E-state index contributed by atoms with van der Waals surface area (Å²) in [5, 5.41) is 0.579. The van der Waals surface area contributed by atoms with Crippen LogP contribution in [0.15, 0.2) is 18.2 Å². The topological polar surface area (TPSA) is 80.5 Å². The quantitative estimate of drug-likeness (QED) is 0.683. The van der Waals surface area contributed by atoms with Gasteiger partial charge in [-0.1, -0.05) is 30.1 Å². The van der Waals surface area contributed by atoms with E-state index in [1.165, 1.54) is 18.2 Å². The van der Waals surface area contributed by atoms with Crippen molar-refractivity contribution in [2.24, 2.45) is 5.73 Å². The SMILES string of the molecule is CCC[N+]1(C(N)=O)CC(=O)N(c2cc(Cl)cc(Cl)c2)C1=O. The normalized spacial score (nSPS) is 22.0. The van der Waals surface area contributed by atoms with Crippen LogP contribution in [0, 0.1) is 0 Å². The Morgan fingerprint density at radius 1 is 1.29 bits per heavy atom. The van der Waals surface area contributed by atoms with Crippen molar-refractivity contribution < 1.29 is 18.9 Å². The summed E-state index contributed by atoms with van der Waals surface area (Å²) in [7, 11) is 0. The van der Waals surface area contributed by atoms with Crippen molar-refractivity contribution in [3.8, 4) is 0 Å². The first-order chi connectivity index (χ1) is 9.81. The molecule has 0 saturated carbocycles. The fourth-order valence-electron chi connectivity index (χ4n) is 2.43. The summed E-state index contributed by atoms with van der Waals surface area (Å²) in [5.74, 6) is -0.509. The Hall–Kier alpha value is -1.63. The van der Waals surface area contributed by atoms with Crippen molar-refractivity contribution >= 4 is 46.9 Å². The average Bonchev–Trinajstić information content (AvgIpc) is 2.61. The number of carbonyl (C=O) groups excluding carboxylic acids is 3. The zero-order valence-corrected chi connectivity index (χ0v) is 12.8. The van der Waals surface area contributed by atoms with Crippen LogP contribution >= 0.6 is 23.2 Å². The molecule has 0 bridgehead atoms. The monoisotopic (exact) mass is 330 g/mol. The van der Waals surface area contributed by atoms with E-state index in [4.69, 9.17) is 28.9 Å². The first-order valence-corrected chi connectivity index (χ1v) is 7.08. The number of anilines is 1. The van der Waals surface area contributed by atoms with Crippen molar-refractivity contribution in [2.75, 3.05) is 18.0 Å². The molecule has 1 heterocycles. The molecule has 1 saturated heterocycles. The lowest BCUT2D eigenvalue weighted by molar-refractivity contribution is -0.751. The smallest absolute Gasteiger partial charge is 0.318 e. The summed E-state index contributed by atoms with van der Waals surface area (Å²) < 4.78 is -0.709. The van der Waals surface area contributed by atoms with Gasteiger partial charge in [0.15, 0.2) is 6.54 Å². The van der Waals surface area contributed by atoms with Gasteiger partial charge in [-0.2, -0.15) is 4.90 Å². The van der Waals surface area contributed by atoms with Gasteiger partial charge in [-0.15, -0.1) is 4.48 Å². The van der Waals surface area contributed by atoms with Gasteiger partial charge in [-0.3, -0.25) is 4.79 Å². The molecule has 6 nitrogen and oxygen atoms in total. The van der Waals surface area contributed by atoms with Crippen LogP contribution in [0.3, 0.4) is 0 Å². The standard InChI is InChI=1S/C13H13Cl2N3O3/c1-2-3-18(12(16)20)7-11(19)17(13(18)21)10-5-8(14)4-9(15)6-10/h4-6H,2-3,7H2,1H3,(H-,16,20)/p+1. The lowest BCUT2D eigenvalue weighted by atomic mass is 10.3. The Labute approximate surface area is 131 Å². The third kappa shape index (κ3) is 2.62. The number of amides is 5. The number of urea groups is 2. The lowest BCUT2D eigenvalue weighted by Gasteiger charge is -2.24. The molecule has 1 aliphatic heterocycles. The number of halogens is 2. The second-order valence-electron chi connectivity index (χ2n) is 4.83. The van der Waals surface area contributed by atoms with Gasteiger partial charge in [0.1, 0.15) is 0 Å². The van der Waals surface area contributed by atoms with E-state index in [0.29, 0.717) is 6.42 Å². The second-order valence-corrected chi connectivity index (χ2v) is 5.70. The highest BCUT2D eigenvalue weighted by Crippen LogP contribution is 2.31. The lowest BCUT2D eigenvalue weighted by Crippen LogP contribution is -2.58. The molecule has 112 valence electrons. The van der Waals surface area contributed by atoms with Gasteiger partial charge in [-0.25, -0.2) is 9.59 Å². The van der Waals surface area contributed by atoms with Crippen LogP contribution in [-0.2, 0) is 4.79 Å². The predicted octanol–water partition coefficient (Wildman–Crippen LogP) is 2.77. The number of benzene rings is 1. The van der Waals surface area contributed by atoms with E-state index < -0.39 is 22.5 Å². The summed E-state index contributed by atoms with van der Waals surface area (Å²) in [6.45, 7) is 1.69. The van der Waals surface area contributed by atoms with Gasteiger partial charge in [-0.05, 0) is 24.6 Å². The van der Waals surface area contributed by atoms with E-state index in [2.05, 4.69) is 0 Å². The summed E-state index contributed by atoms with van der Waals surface area (Å²) in [5.41, 5.74) is 5.59. The fourth-order valence-corrected chi connectivity index (χ4v) is 2.94. The first-order valence-electron chi connectivity index (χ1n) is 6.32. The van der Waals surface area contributed by atoms with Gasteiger partial charge >= 0.3 is 12.1 Å². The molecule has 0 radical (unpaired) electrons. The first kappa shape index (κ1) is 15.8. The Balaban J connectivity index is 2.49.